The minimum atomic E-state index is -0.386. The summed E-state index contributed by atoms with van der Waals surface area (Å²) >= 11 is 0. The quantitative estimate of drug-likeness (QED) is 0.485. The van der Waals surface area contributed by atoms with Gasteiger partial charge in [0.1, 0.15) is 40.8 Å². The van der Waals surface area contributed by atoms with E-state index in [1.807, 2.05) is 31.2 Å². The van der Waals surface area contributed by atoms with Gasteiger partial charge in [0.2, 0.25) is 5.90 Å². The summed E-state index contributed by atoms with van der Waals surface area (Å²) in [4.78, 5) is 23.6. The lowest BCUT2D eigenvalue weighted by atomic mass is 10.1. The number of hydrogen-bond donors (Lipinski definition) is 3. The van der Waals surface area contributed by atoms with Gasteiger partial charge in [0.25, 0.3) is 5.91 Å². The molecular formula is C24H26N4O5. The Kier molecular flexibility index (Phi) is 6.60. The van der Waals surface area contributed by atoms with Gasteiger partial charge in [0.15, 0.2) is 0 Å². The zero-order valence-electron chi connectivity index (χ0n) is 18.7. The number of rotatable bonds is 8. The number of pyridine rings is 1. The fourth-order valence-electron chi connectivity index (χ4n) is 3.28. The third-order valence-corrected chi connectivity index (χ3v) is 4.94. The van der Waals surface area contributed by atoms with Crippen molar-refractivity contribution >= 4 is 11.8 Å². The molecule has 9 nitrogen and oxygen atoms in total. The number of H-pyrrole nitrogens is 1. The number of nitrogens with one attached hydrogen (secondary N) is 2. The molecule has 1 amide bonds. The standard InChI is InChI=1S/C24H26N4O5/c1-14-11-27-24(32-14)22-7-6-20(28-22)16-8-18(31-15(2)13-29)10-19(9-16)33-17-4-5-21(26-12-17)23(30)25-3/h4-10,12,14-15,28-29H,11,13H2,1-3H3,(H,25,30)/t14-,15-/m0/s1. The van der Waals surface area contributed by atoms with Crippen LogP contribution in [0.1, 0.15) is 30.0 Å². The van der Waals surface area contributed by atoms with Crippen molar-refractivity contribution in [1.82, 2.24) is 15.3 Å². The largest absolute Gasteiger partial charge is 0.488 e. The normalized spacial score (nSPS) is 16.0. The summed E-state index contributed by atoms with van der Waals surface area (Å²) in [5, 5.41) is 11.9. The number of carbonyl (C=O) groups is 1. The van der Waals surface area contributed by atoms with E-state index in [1.165, 1.54) is 6.20 Å². The molecule has 1 aliphatic rings. The van der Waals surface area contributed by atoms with Gasteiger partial charge in [-0.1, -0.05) is 0 Å². The van der Waals surface area contributed by atoms with Crippen LogP contribution in [0.4, 0.5) is 0 Å². The Bertz CT molecular complexity index is 1160. The van der Waals surface area contributed by atoms with Gasteiger partial charge in [-0.3, -0.25) is 4.79 Å². The monoisotopic (exact) mass is 450 g/mol. The van der Waals surface area contributed by atoms with Crippen molar-refractivity contribution in [3.63, 3.8) is 0 Å². The van der Waals surface area contributed by atoms with Crippen LogP contribution in [-0.4, -0.2) is 59.3 Å². The van der Waals surface area contributed by atoms with E-state index < -0.39 is 0 Å². The van der Waals surface area contributed by atoms with Crippen molar-refractivity contribution < 1.29 is 24.1 Å². The number of aliphatic imine (C=N–C) groups is 1. The van der Waals surface area contributed by atoms with Crippen molar-refractivity contribution in [1.29, 1.82) is 0 Å². The van der Waals surface area contributed by atoms with Crippen LogP contribution in [0.15, 0.2) is 53.7 Å². The topological polar surface area (TPSA) is 118 Å². The third-order valence-electron chi connectivity index (χ3n) is 4.94. The van der Waals surface area contributed by atoms with Crippen LogP contribution in [0, 0.1) is 0 Å². The molecule has 0 spiro atoms. The van der Waals surface area contributed by atoms with Gasteiger partial charge in [-0.15, -0.1) is 0 Å². The summed E-state index contributed by atoms with van der Waals surface area (Å²) < 4.78 is 17.5. The van der Waals surface area contributed by atoms with E-state index in [-0.39, 0.29) is 24.7 Å². The first kappa shape index (κ1) is 22.3. The van der Waals surface area contributed by atoms with Gasteiger partial charge in [0.05, 0.1) is 19.3 Å². The fourth-order valence-corrected chi connectivity index (χ4v) is 3.28. The molecule has 3 aromatic rings. The van der Waals surface area contributed by atoms with Crippen molar-refractivity contribution in [2.24, 2.45) is 4.99 Å². The predicted molar refractivity (Wildman–Crippen MR) is 123 cm³/mol. The second-order valence-corrected chi connectivity index (χ2v) is 7.72. The molecule has 0 unspecified atom stereocenters. The number of nitrogens with zero attached hydrogens (tertiary/aromatic N) is 2. The van der Waals surface area contributed by atoms with Crippen LogP contribution >= 0.6 is 0 Å². The number of amides is 1. The molecule has 0 saturated heterocycles. The lowest BCUT2D eigenvalue weighted by molar-refractivity contribution is 0.0958. The molecule has 0 aliphatic carbocycles. The first-order valence-corrected chi connectivity index (χ1v) is 10.6. The van der Waals surface area contributed by atoms with Gasteiger partial charge >= 0.3 is 0 Å². The first-order chi connectivity index (χ1) is 15.9. The second kappa shape index (κ2) is 9.74. The molecule has 0 bridgehead atoms. The molecule has 2 atom stereocenters. The van der Waals surface area contributed by atoms with E-state index in [0.717, 1.165) is 17.0 Å². The molecular weight excluding hydrogens is 424 g/mol. The van der Waals surface area contributed by atoms with E-state index >= 15 is 0 Å². The molecule has 0 saturated carbocycles. The number of carbonyl (C=O) groups excluding carboxylic acids is 1. The SMILES string of the molecule is CNC(=O)c1ccc(Oc2cc(O[C@@H](C)CO)cc(-c3ccc(C4=NC[C@H](C)O4)[nH]3)c2)cn1. The molecule has 0 radical (unpaired) electrons. The molecule has 3 N–H and O–H groups in total. The van der Waals surface area contributed by atoms with Crippen LogP contribution in [-0.2, 0) is 4.74 Å². The smallest absolute Gasteiger partial charge is 0.269 e. The molecule has 0 fully saturated rings. The Morgan fingerprint density at radius 3 is 2.67 bits per heavy atom. The average molecular weight is 450 g/mol. The Balaban J connectivity index is 1.62. The average Bonchev–Trinajstić information content (AvgIpc) is 3.48. The number of aromatic amines is 1. The summed E-state index contributed by atoms with van der Waals surface area (Å²) in [6, 6.07) is 12.6. The Morgan fingerprint density at radius 1 is 1.21 bits per heavy atom. The van der Waals surface area contributed by atoms with Gasteiger partial charge in [-0.2, -0.15) is 0 Å². The highest BCUT2D eigenvalue weighted by Gasteiger charge is 2.19. The molecule has 1 aromatic carbocycles. The number of aliphatic hydroxyl groups excluding tert-OH is 1. The highest BCUT2D eigenvalue weighted by atomic mass is 16.5. The zero-order chi connectivity index (χ0) is 23.4. The molecule has 33 heavy (non-hydrogen) atoms. The van der Waals surface area contributed by atoms with Gasteiger partial charge < -0.3 is 29.6 Å². The van der Waals surface area contributed by atoms with E-state index in [1.54, 1.807) is 32.2 Å². The molecule has 3 heterocycles. The van der Waals surface area contributed by atoms with Crippen LogP contribution in [0.3, 0.4) is 0 Å². The molecule has 172 valence electrons. The minimum Gasteiger partial charge on any atom is -0.488 e. The van der Waals surface area contributed by atoms with E-state index in [2.05, 4.69) is 20.3 Å². The molecule has 4 rings (SSSR count). The highest BCUT2D eigenvalue weighted by molar-refractivity contribution is 5.94. The summed E-state index contributed by atoms with van der Waals surface area (Å²) in [6.07, 6.45) is 1.16. The number of aromatic nitrogens is 2. The second-order valence-electron chi connectivity index (χ2n) is 7.72. The lowest BCUT2D eigenvalue weighted by Gasteiger charge is -2.15. The predicted octanol–water partition coefficient (Wildman–Crippen LogP) is 3.15. The van der Waals surface area contributed by atoms with Crippen LogP contribution in [0.2, 0.25) is 0 Å². The fraction of sp³-hybridized carbons (Fsp3) is 0.292. The van der Waals surface area contributed by atoms with E-state index in [4.69, 9.17) is 14.2 Å². The van der Waals surface area contributed by atoms with Crippen LogP contribution in [0.5, 0.6) is 17.2 Å². The summed E-state index contributed by atoms with van der Waals surface area (Å²) in [5.41, 5.74) is 2.74. The molecule has 2 aromatic heterocycles. The number of ether oxygens (including phenoxy) is 3. The van der Waals surface area contributed by atoms with Crippen LogP contribution in [0.25, 0.3) is 11.3 Å². The van der Waals surface area contributed by atoms with Gasteiger partial charge in [-0.25, -0.2) is 9.98 Å². The number of hydrogen-bond acceptors (Lipinski definition) is 7. The third kappa shape index (κ3) is 5.32. The Hall–Kier alpha value is -3.85. The van der Waals surface area contributed by atoms with Crippen molar-refractivity contribution in [3.05, 3.63) is 60.0 Å². The maximum Gasteiger partial charge on any atom is 0.269 e. The number of aliphatic hydroxyl groups is 1. The van der Waals surface area contributed by atoms with Gasteiger partial charge in [0, 0.05) is 24.4 Å². The number of benzene rings is 1. The van der Waals surface area contributed by atoms with Gasteiger partial charge in [-0.05, 0) is 50.2 Å². The maximum atomic E-state index is 11.7. The van der Waals surface area contributed by atoms with E-state index in [0.29, 0.717) is 35.4 Å². The maximum absolute atomic E-state index is 11.7. The van der Waals surface area contributed by atoms with Crippen LogP contribution < -0.4 is 14.8 Å². The zero-order valence-corrected chi connectivity index (χ0v) is 18.7. The summed E-state index contributed by atoms with van der Waals surface area (Å²) in [6.45, 7) is 4.27. The van der Waals surface area contributed by atoms with Crippen molar-refractivity contribution in [3.8, 4) is 28.5 Å². The first-order valence-electron chi connectivity index (χ1n) is 10.6. The molecule has 1 aliphatic heterocycles. The Morgan fingerprint density at radius 2 is 2.00 bits per heavy atom. The van der Waals surface area contributed by atoms with Crippen molar-refractivity contribution in [2.45, 2.75) is 26.1 Å². The van der Waals surface area contributed by atoms with Crippen molar-refractivity contribution in [2.75, 3.05) is 20.2 Å². The minimum absolute atomic E-state index is 0.0619. The summed E-state index contributed by atoms with van der Waals surface area (Å²) in [7, 11) is 1.55. The lowest BCUT2D eigenvalue weighted by Crippen LogP contribution is -2.18. The molecule has 9 heteroatoms. The van der Waals surface area contributed by atoms with E-state index in [9.17, 15) is 9.90 Å². The summed E-state index contributed by atoms with van der Waals surface area (Å²) in [5.74, 6) is 1.84. The Labute approximate surface area is 191 Å². The highest BCUT2D eigenvalue weighted by Crippen LogP contribution is 2.33.